The van der Waals surface area contributed by atoms with Crippen molar-refractivity contribution in [2.45, 2.75) is 32.4 Å². The summed E-state index contributed by atoms with van der Waals surface area (Å²) in [6.45, 7) is 5.01. The van der Waals surface area contributed by atoms with Crippen molar-refractivity contribution in [3.8, 4) is 11.6 Å². The van der Waals surface area contributed by atoms with Gasteiger partial charge in [0.05, 0.1) is 18.7 Å². The molecule has 28 heavy (non-hydrogen) atoms. The first-order valence-corrected chi connectivity index (χ1v) is 9.93. The zero-order chi connectivity index (χ0) is 19.9. The lowest BCUT2D eigenvalue weighted by molar-refractivity contribution is 0.0902. The first-order chi connectivity index (χ1) is 13.6. The Morgan fingerprint density at radius 3 is 2.71 bits per heavy atom. The van der Waals surface area contributed by atoms with E-state index in [-0.39, 0.29) is 17.6 Å². The maximum atomic E-state index is 12.6. The predicted octanol–water partition coefficient (Wildman–Crippen LogP) is 3.54. The summed E-state index contributed by atoms with van der Waals surface area (Å²) in [7, 11) is 1.69. The minimum Gasteiger partial charge on any atom is -0.496 e. The summed E-state index contributed by atoms with van der Waals surface area (Å²) in [6, 6.07) is 11.5. The quantitative estimate of drug-likeness (QED) is 0.766. The number of para-hydroxylation sites is 1. The van der Waals surface area contributed by atoms with Gasteiger partial charge in [0, 0.05) is 37.3 Å². The Morgan fingerprint density at radius 1 is 1.25 bits per heavy atom. The molecule has 1 aromatic heterocycles. The van der Waals surface area contributed by atoms with Gasteiger partial charge in [0.25, 0.3) is 5.91 Å². The van der Waals surface area contributed by atoms with Crippen molar-refractivity contribution in [3.05, 3.63) is 52.7 Å². The third-order valence-corrected chi connectivity index (χ3v) is 5.14. The Kier molecular flexibility index (Phi) is 7.12. The van der Waals surface area contributed by atoms with Gasteiger partial charge in [-0.15, -0.1) is 0 Å². The number of hydrogen-bond donors (Lipinski definition) is 1. The Bertz CT molecular complexity index is 807. The van der Waals surface area contributed by atoms with Crippen LogP contribution in [0.2, 0.25) is 5.02 Å². The summed E-state index contributed by atoms with van der Waals surface area (Å²) in [5, 5.41) is 3.39. The van der Waals surface area contributed by atoms with Crippen LogP contribution in [0.1, 0.15) is 35.8 Å². The normalized spacial score (nSPS) is 15.2. The summed E-state index contributed by atoms with van der Waals surface area (Å²) >= 11 is 6.15. The van der Waals surface area contributed by atoms with Crippen LogP contribution in [0.3, 0.4) is 0 Å². The van der Waals surface area contributed by atoms with Crippen LogP contribution < -0.4 is 14.8 Å². The largest absolute Gasteiger partial charge is 0.496 e. The molecule has 1 N–H and O–H groups in total. The fourth-order valence-corrected chi connectivity index (χ4v) is 3.57. The van der Waals surface area contributed by atoms with Crippen molar-refractivity contribution in [1.82, 2.24) is 15.2 Å². The molecule has 6 nitrogen and oxygen atoms in total. The predicted molar refractivity (Wildman–Crippen MR) is 109 cm³/mol. The number of rotatable bonds is 7. The van der Waals surface area contributed by atoms with E-state index in [0.717, 1.165) is 38.2 Å². The van der Waals surface area contributed by atoms with Gasteiger partial charge in [-0.05, 0) is 31.9 Å². The van der Waals surface area contributed by atoms with E-state index in [2.05, 4.69) is 21.3 Å². The molecule has 0 spiro atoms. The second-order valence-electron chi connectivity index (χ2n) is 6.75. The Hall–Kier alpha value is -2.31. The van der Waals surface area contributed by atoms with E-state index in [1.165, 1.54) is 5.56 Å². The van der Waals surface area contributed by atoms with Crippen molar-refractivity contribution in [2.75, 3.05) is 26.8 Å². The highest BCUT2D eigenvalue weighted by Gasteiger charge is 2.23. The summed E-state index contributed by atoms with van der Waals surface area (Å²) in [4.78, 5) is 19.2. The molecule has 1 aliphatic heterocycles. The van der Waals surface area contributed by atoms with Crippen molar-refractivity contribution in [1.29, 1.82) is 0 Å². The van der Waals surface area contributed by atoms with E-state index in [0.29, 0.717) is 17.5 Å². The maximum Gasteiger partial charge on any atom is 0.271 e. The van der Waals surface area contributed by atoms with Gasteiger partial charge in [0.15, 0.2) is 5.69 Å². The fraction of sp³-hybridized carbons (Fsp3) is 0.429. The SMILES string of the molecule is CCOc1ccc(Cl)c(C(=O)NC2CCN(Cc3ccccc3OC)CC2)n1. The maximum absolute atomic E-state index is 12.6. The van der Waals surface area contributed by atoms with Crippen molar-refractivity contribution < 1.29 is 14.3 Å². The molecule has 1 amide bonds. The molecule has 0 saturated carbocycles. The van der Waals surface area contributed by atoms with Crippen LogP contribution in [0.4, 0.5) is 0 Å². The van der Waals surface area contributed by atoms with Crippen molar-refractivity contribution >= 4 is 17.5 Å². The second kappa shape index (κ2) is 9.75. The van der Waals surface area contributed by atoms with Crippen LogP contribution in [0, 0.1) is 0 Å². The standard InChI is InChI=1S/C21H26ClN3O3/c1-3-28-19-9-8-17(22)20(24-19)21(26)23-16-10-12-25(13-11-16)14-15-6-4-5-7-18(15)27-2/h4-9,16H,3,10-14H2,1-2H3,(H,23,26). The van der Waals surface area contributed by atoms with Gasteiger partial charge in [0.1, 0.15) is 5.75 Å². The van der Waals surface area contributed by atoms with Crippen molar-refractivity contribution in [2.24, 2.45) is 0 Å². The van der Waals surface area contributed by atoms with Crippen LogP contribution >= 0.6 is 11.6 Å². The lowest BCUT2D eigenvalue weighted by Gasteiger charge is -2.32. The highest BCUT2D eigenvalue weighted by atomic mass is 35.5. The highest BCUT2D eigenvalue weighted by Crippen LogP contribution is 2.22. The monoisotopic (exact) mass is 403 g/mol. The Morgan fingerprint density at radius 2 is 2.00 bits per heavy atom. The topological polar surface area (TPSA) is 63.7 Å². The summed E-state index contributed by atoms with van der Waals surface area (Å²) in [5.41, 5.74) is 1.39. The molecule has 150 valence electrons. The number of aromatic nitrogens is 1. The minimum atomic E-state index is -0.255. The van der Waals surface area contributed by atoms with E-state index in [9.17, 15) is 4.79 Å². The molecule has 0 bridgehead atoms. The number of ether oxygens (including phenoxy) is 2. The molecule has 0 aliphatic carbocycles. The first-order valence-electron chi connectivity index (χ1n) is 9.55. The van der Waals surface area contributed by atoms with Crippen LogP contribution in [-0.4, -0.2) is 48.6 Å². The molecule has 7 heteroatoms. The average molecular weight is 404 g/mol. The average Bonchev–Trinajstić information content (AvgIpc) is 2.71. The number of benzene rings is 1. The molecule has 1 saturated heterocycles. The number of nitrogens with zero attached hydrogens (tertiary/aromatic N) is 2. The molecule has 1 aliphatic rings. The molecule has 0 unspecified atom stereocenters. The Labute approximate surface area is 170 Å². The molecule has 1 fully saturated rings. The number of carbonyl (C=O) groups is 1. The van der Waals surface area contributed by atoms with Crippen LogP contribution in [0.15, 0.2) is 36.4 Å². The van der Waals surface area contributed by atoms with Gasteiger partial charge in [-0.25, -0.2) is 4.98 Å². The fourth-order valence-electron chi connectivity index (χ4n) is 3.38. The lowest BCUT2D eigenvalue weighted by Crippen LogP contribution is -2.44. The Balaban J connectivity index is 1.54. The number of methoxy groups -OCH3 is 1. The lowest BCUT2D eigenvalue weighted by atomic mass is 10.0. The molecular formula is C21H26ClN3O3. The number of hydrogen-bond acceptors (Lipinski definition) is 5. The third-order valence-electron chi connectivity index (χ3n) is 4.84. The van der Waals surface area contributed by atoms with E-state index in [1.807, 2.05) is 25.1 Å². The molecule has 3 rings (SSSR count). The van der Waals surface area contributed by atoms with Gasteiger partial charge in [-0.1, -0.05) is 29.8 Å². The molecule has 0 radical (unpaired) electrons. The second-order valence-corrected chi connectivity index (χ2v) is 7.16. The van der Waals surface area contributed by atoms with Crippen LogP contribution in [0.5, 0.6) is 11.6 Å². The number of piperidine rings is 1. The molecule has 2 heterocycles. The zero-order valence-corrected chi connectivity index (χ0v) is 17.0. The number of carbonyl (C=O) groups excluding carboxylic acids is 1. The third kappa shape index (κ3) is 5.14. The molecule has 2 aromatic rings. The van der Waals surface area contributed by atoms with Gasteiger partial charge >= 0.3 is 0 Å². The van der Waals surface area contributed by atoms with E-state index < -0.39 is 0 Å². The van der Waals surface area contributed by atoms with Crippen LogP contribution in [-0.2, 0) is 6.54 Å². The molecular weight excluding hydrogens is 378 g/mol. The van der Waals surface area contributed by atoms with E-state index >= 15 is 0 Å². The van der Waals surface area contributed by atoms with Gasteiger partial charge < -0.3 is 14.8 Å². The number of halogens is 1. The highest BCUT2D eigenvalue weighted by molar-refractivity contribution is 6.33. The van der Waals surface area contributed by atoms with Gasteiger partial charge in [-0.2, -0.15) is 0 Å². The summed E-state index contributed by atoms with van der Waals surface area (Å²) < 4.78 is 10.8. The van der Waals surface area contributed by atoms with Crippen molar-refractivity contribution in [3.63, 3.8) is 0 Å². The molecule has 1 aromatic carbocycles. The number of amides is 1. The van der Waals surface area contributed by atoms with Gasteiger partial charge in [-0.3, -0.25) is 9.69 Å². The van der Waals surface area contributed by atoms with Gasteiger partial charge in [0.2, 0.25) is 5.88 Å². The summed E-state index contributed by atoms with van der Waals surface area (Å²) in [5.74, 6) is 1.06. The zero-order valence-electron chi connectivity index (χ0n) is 16.3. The first kappa shape index (κ1) is 20.4. The number of pyridine rings is 1. The van der Waals surface area contributed by atoms with Crippen LogP contribution in [0.25, 0.3) is 0 Å². The van der Waals surface area contributed by atoms with E-state index in [4.69, 9.17) is 21.1 Å². The summed E-state index contributed by atoms with van der Waals surface area (Å²) in [6.07, 6.45) is 1.76. The smallest absolute Gasteiger partial charge is 0.271 e. The number of likely N-dealkylation sites (tertiary alicyclic amines) is 1. The van der Waals surface area contributed by atoms with E-state index in [1.54, 1.807) is 19.2 Å². The number of nitrogens with one attached hydrogen (secondary N) is 1. The molecule has 0 atom stereocenters. The minimum absolute atomic E-state index is 0.107.